The maximum Gasteiger partial charge on any atom is 0.226 e. The highest BCUT2D eigenvalue weighted by molar-refractivity contribution is 5.91. The van der Waals surface area contributed by atoms with Gasteiger partial charge in [-0.15, -0.1) is 0 Å². The Balaban J connectivity index is 1.66. The van der Waals surface area contributed by atoms with Crippen LogP contribution in [0.1, 0.15) is 24.6 Å². The Kier molecular flexibility index (Phi) is 7.40. The monoisotopic (exact) mass is 477 g/mol. The summed E-state index contributed by atoms with van der Waals surface area (Å²) in [5.74, 6) is 0.105. The van der Waals surface area contributed by atoms with Crippen molar-refractivity contribution in [3.8, 4) is 23.1 Å². The average molecular weight is 478 g/mol. The molecule has 0 aliphatic heterocycles. The van der Waals surface area contributed by atoms with E-state index in [2.05, 4.69) is 5.32 Å². The highest BCUT2D eigenvalue weighted by atomic mass is 19.1. The van der Waals surface area contributed by atoms with Crippen LogP contribution >= 0.6 is 0 Å². The van der Waals surface area contributed by atoms with Gasteiger partial charge in [-0.25, -0.2) is 13.5 Å². The minimum absolute atomic E-state index is 0.0785. The van der Waals surface area contributed by atoms with Crippen LogP contribution in [-0.2, 0) is 17.6 Å². The van der Waals surface area contributed by atoms with Gasteiger partial charge in [0.1, 0.15) is 23.1 Å². The number of ether oxygens (including phenoxy) is 2. The fourth-order valence-electron chi connectivity index (χ4n) is 3.67. The molecule has 35 heavy (non-hydrogen) atoms. The standard InChI is InChI=1S/C27H25F2N3O3/c1-3-24-22(15-16-26(33)30-25-10-5-4-9-23(25)29)27(35-21-8-6-7-18(28)17-21)32(31-24)19-11-13-20(34-2)14-12-19/h4-14,17H,3,15-16H2,1-2H3,(H,30,33). The van der Waals surface area contributed by atoms with E-state index in [1.165, 1.54) is 24.3 Å². The van der Waals surface area contributed by atoms with Crippen molar-refractivity contribution in [3.05, 3.63) is 95.7 Å². The fraction of sp³-hybridized carbons (Fsp3) is 0.185. The molecule has 1 heterocycles. The predicted molar refractivity (Wildman–Crippen MR) is 129 cm³/mol. The molecule has 8 heteroatoms. The summed E-state index contributed by atoms with van der Waals surface area (Å²) >= 11 is 0. The van der Waals surface area contributed by atoms with Crippen LogP contribution in [0.5, 0.6) is 17.4 Å². The molecule has 0 atom stereocenters. The third-order valence-electron chi connectivity index (χ3n) is 5.43. The fourth-order valence-corrected chi connectivity index (χ4v) is 3.67. The van der Waals surface area contributed by atoms with Gasteiger partial charge in [-0.05, 0) is 61.4 Å². The number of benzene rings is 3. The van der Waals surface area contributed by atoms with Crippen LogP contribution in [0.15, 0.2) is 72.8 Å². The number of para-hydroxylation sites is 1. The summed E-state index contributed by atoms with van der Waals surface area (Å²) in [6.07, 6.45) is 0.965. The van der Waals surface area contributed by atoms with Gasteiger partial charge in [0.25, 0.3) is 0 Å². The zero-order chi connectivity index (χ0) is 24.8. The van der Waals surface area contributed by atoms with Crippen LogP contribution < -0.4 is 14.8 Å². The number of carbonyl (C=O) groups is 1. The Labute approximate surface area is 202 Å². The molecule has 180 valence electrons. The Morgan fingerprint density at radius 1 is 1.00 bits per heavy atom. The average Bonchev–Trinajstić information content (AvgIpc) is 3.21. The minimum Gasteiger partial charge on any atom is -0.497 e. The van der Waals surface area contributed by atoms with Gasteiger partial charge in [0.05, 0.1) is 24.2 Å². The van der Waals surface area contributed by atoms with Gasteiger partial charge >= 0.3 is 0 Å². The Morgan fingerprint density at radius 2 is 1.77 bits per heavy atom. The van der Waals surface area contributed by atoms with E-state index in [-0.39, 0.29) is 18.0 Å². The Hall–Kier alpha value is -4.20. The predicted octanol–water partition coefficient (Wildman–Crippen LogP) is 6.09. The molecule has 0 bridgehead atoms. The Bertz CT molecular complexity index is 1320. The van der Waals surface area contributed by atoms with Crippen molar-refractivity contribution in [2.45, 2.75) is 26.2 Å². The lowest BCUT2D eigenvalue weighted by molar-refractivity contribution is -0.116. The van der Waals surface area contributed by atoms with Gasteiger partial charge in [-0.1, -0.05) is 25.1 Å². The number of amides is 1. The molecule has 1 aromatic heterocycles. The number of hydrogen-bond acceptors (Lipinski definition) is 4. The van der Waals surface area contributed by atoms with Crippen LogP contribution in [0.2, 0.25) is 0 Å². The zero-order valence-corrected chi connectivity index (χ0v) is 19.4. The van der Waals surface area contributed by atoms with Crippen LogP contribution in [0.4, 0.5) is 14.5 Å². The van der Waals surface area contributed by atoms with Gasteiger partial charge in [-0.3, -0.25) is 4.79 Å². The van der Waals surface area contributed by atoms with E-state index in [1.54, 1.807) is 48.2 Å². The number of anilines is 1. The smallest absolute Gasteiger partial charge is 0.226 e. The molecule has 0 unspecified atom stereocenters. The summed E-state index contributed by atoms with van der Waals surface area (Å²) in [4.78, 5) is 12.6. The van der Waals surface area contributed by atoms with Crippen LogP contribution in [0.25, 0.3) is 5.69 Å². The number of nitrogens with one attached hydrogen (secondary N) is 1. The number of carbonyl (C=O) groups excluding carboxylic acids is 1. The van der Waals surface area contributed by atoms with Crippen molar-refractivity contribution in [2.24, 2.45) is 0 Å². The lowest BCUT2D eigenvalue weighted by atomic mass is 10.1. The first-order valence-electron chi connectivity index (χ1n) is 11.2. The second kappa shape index (κ2) is 10.8. The molecule has 1 N–H and O–H groups in total. The molecule has 4 rings (SSSR count). The number of nitrogens with zero attached hydrogens (tertiary/aromatic N) is 2. The molecular formula is C27H25F2N3O3. The quantitative estimate of drug-likeness (QED) is 0.317. The molecule has 0 aliphatic carbocycles. The lowest BCUT2D eigenvalue weighted by Gasteiger charge is -2.12. The van der Waals surface area contributed by atoms with E-state index < -0.39 is 11.6 Å². The van der Waals surface area contributed by atoms with Crippen molar-refractivity contribution in [3.63, 3.8) is 0 Å². The summed E-state index contributed by atoms with van der Waals surface area (Å²) in [6.45, 7) is 1.95. The zero-order valence-electron chi connectivity index (χ0n) is 19.4. The van der Waals surface area contributed by atoms with E-state index in [9.17, 15) is 13.6 Å². The second-order valence-corrected chi connectivity index (χ2v) is 7.78. The van der Waals surface area contributed by atoms with Gasteiger partial charge < -0.3 is 14.8 Å². The van der Waals surface area contributed by atoms with E-state index >= 15 is 0 Å². The Morgan fingerprint density at radius 3 is 2.46 bits per heavy atom. The van der Waals surface area contributed by atoms with Gasteiger partial charge in [0.15, 0.2) is 0 Å². The largest absolute Gasteiger partial charge is 0.497 e. The first-order valence-corrected chi connectivity index (χ1v) is 11.2. The highest BCUT2D eigenvalue weighted by Gasteiger charge is 2.21. The molecule has 3 aromatic carbocycles. The number of aryl methyl sites for hydroxylation is 1. The van der Waals surface area contributed by atoms with Crippen molar-refractivity contribution in [2.75, 3.05) is 12.4 Å². The molecule has 0 radical (unpaired) electrons. The van der Waals surface area contributed by atoms with E-state index in [4.69, 9.17) is 14.6 Å². The number of methoxy groups -OCH3 is 1. The number of aromatic nitrogens is 2. The van der Waals surface area contributed by atoms with Crippen LogP contribution in [-0.4, -0.2) is 22.8 Å². The molecule has 0 saturated heterocycles. The molecule has 0 spiro atoms. The molecule has 0 saturated carbocycles. The maximum atomic E-state index is 13.9. The third kappa shape index (κ3) is 5.66. The second-order valence-electron chi connectivity index (χ2n) is 7.78. The molecule has 1 amide bonds. The summed E-state index contributed by atoms with van der Waals surface area (Å²) in [6, 6.07) is 19.1. The van der Waals surface area contributed by atoms with Crippen molar-refractivity contribution < 1.29 is 23.0 Å². The maximum absolute atomic E-state index is 13.9. The number of halogens is 2. The molecule has 0 fully saturated rings. The third-order valence-corrected chi connectivity index (χ3v) is 5.43. The first kappa shape index (κ1) is 23.9. The molecule has 0 aliphatic rings. The topological polar surface area (TPSA) is 65.4 Å². The molecule has 4 aromatic rings. The van der Waals surface area contributed by atoms with Gasteiger partial charge in [-0.2, -0.15) is 5.10 Å². The summed E-state index contributed by atoms with van der Waals surface area (Å²) in [5.41, 5.74) is 2.30. The first-order chi connectivity index (χ1) is 17.0. The van der Waals surface area contributed by atoms with Crippen molar-refractivity contribution in [1.29, 1.82) is 0 Å². The van der Waals surface area contributed by atoms with E-state index in [0.717, 1.165) is 11.3 Å². The van der Waals surface area contributed by atoms with Gasteiger partial charge in [0.2, 0.25) is 11.8 Å². The van der Waals surface area contributed by atoms with E-state index in [1.807, 2.05) is 19.1 Å². The van der Waals surface area contributed by atoms with Gasteiger partial charge in [0, 0.05) is 18.1 Å². The summed E-state index contributed by atoms with van der Waals surface area (Å²) in [7, 11) is 1.58. The highest BCUT2D eigenvalue weighted by Crippen LogP contribution is 2.33. The molecule has 6 nitrogen and oxygen atoms in total. The number of hydrogen-bond donors (Lipinski definition) is 1. The van der Waals surface area contributed by atoms with E-state index in [0.29, 0.717) is 35.9 Å². The normalized spacial score (nSPS) is 10.7. The van der Waals surface area contributed by atoms with Crippen molar-refractivity contribution in [1.82, 2.24) is 9.78 Å². The summed E-state index contributed by atoms with van der Waals surface area (Å²) in [5, 5.41) is 7.31. The minimum atomic E-state index is -0.502. The summed E-state index contributed by atoms with van der Waals surface area (Å²) < 4.78 is 40.8. The lowest BCUT2D eigenvalue weighted by Crippen LogP contribution is -2.13. The van der Waals surface area contributed by atoms with Crippen LogP contribution in [0, 0.1) is 11.6 Å². The SMILES string of the molecule is CCc1nn(-c2ccc(OC)cc2)c(Oc2cccc(F)c2)c1CCC(=O)Nc1ccccc1F. The number of rotatable bonds is 9. The van der Waals surface area contributed by atoms with Crippen LogP contribution in [0.3, 0.4) is 0 Å². The van der Waals surface area contributed by atoms with Crippen molar-refractivity contribution >= 4 is 11.6 Å². The molecular weight excluding hydrogens is 452 g/mol.